The SMILES string of the molecule is O=S(=O)(F)c1ccccc1NS(=O)(=O)c1cn[nH]c1. The molecule has 0 amide bonds. The van der Waals surface area contributed by atoms with Crippen molar-refractivity contribution in [2.75, 3.05) is 4.72 Å². The van der Waals surface area contributed by atoms with Gasteiger partial charge in [0.15, 0.2) is 0 Å². The molecule has 7 nitrogen and oxygen atoms in total. The first-order valence-electron chi connectivity index (χ1n) is 4.86. The van der Waals surface area contributed by atoms with Gasteiger partial charge in [-0.05, 0) is 12.1 Å². The Morgan fingerprint density at radius 1 is 1.16 bits per heavy atom. The van der Waals surface area contributed by atoms with Crippen molar-refractivity contribution < 1.29 is 20.7 Å². The van der Waals surface area contributed by atoms with Crippen molar-refractivity contribution in [3.63, 3.8) is 0 Å². The summed E-state index contributed by atoms with van der Waals surface area (Å²) in [6.45, 7) is 0. The van der Waals surface area contributed by atoms with Gasteiger partial charge in [0.25, 0.3) is 10.0 Å². The molecule has 2 rings (SSSR count). The summed E-state index contributed by atoms with van der Waals surface area (Å²) in [5, 5.41) is 5.77. The van der Waals surface area contributed by atoms with E-state index >= 15 is 0 Å². The monoisotopic (exact) mass is 305 g/mol. The Labute approximate surface area is 108 Å². The average Bonchev–Trinajstić information content (AvgIpc) is 2.81. The first kappa shape index (κ1) is 13.5. The molecule has 1 aromatic carbocycles. The van der Waals surface area contributed by atoms with Crippen LogP contribution in [-0.2, 0) is 20.2 Å². The van der Waals surface area contributed by atoms with Crippen LogP contribution in [0.25, 0.3) is 0 Å². The third-order valence-corrected chi connectivity index (χ3v) is 4.39. The molecule has 10 heteroatoms. The smallest absolute Gasteiger partial charge is 0.284 e. The van der Waals surface area contributed by atoms with Gasteiger partial charge in [0.05, 0.1) is 11.9 Å². The first-order valence-corrected chi connectivity index (χ1v) is 7.73. The zero-order valence-electron chi connectivity index (χ0n) is 9.24. The maximum absolute atomic E-state index is 13.0. The third-order valence-electron chi connectivity index (χ3n) is 2.18. The largest absolute Gasteiger partial charge is 0.334 e. The standard InChI is InChI=1S/C9H8FN3O4S2/c10-18(14,15)9-4-2-1-3-8(9)13-19(16,17)7-5-11-12-6-7/h1-6,13H,(H,11,12). The zero-order valence-corrected chi connectivity index (χ0v) is 10.9. The van der Waals surface area contributed by atoms with E-state index in [2.05, 4.69) is 10.2 Å². The summed E-state index contributed by atoms with van der Waals surface area (Å²) >= 11 is 0. The molecule has 0 unspecified atom stereocenters. The maximum Gasteiger partial charge on any atom is 0.334 e. The number of hydrogen-bond acceptors (Lipinski definition) is 5. The number of para-hydroxylation sites is 1. The van der Waals surface area contributed by atoms with E-state index < -0.39 is 25.1 Å². The van der Waals surface area contributed by atoms with Gasteiger partial charge in [0, 0.05) is 6.20 Å². The molecule has 0 fully saturated rings. The molecule has 0 saturated heterocycles. The lowest BCUT2D eigenvalue weighted by Gasteiger charge is -2.08. The van der Waals surface area contributed by atoms with Gasteiger partial charge < -0.3 is 0 Å². The van der Waals surface area contributed by atoms with Gasteiger partial charge in [-0.1, -0.05) is 12.1 Å². The van der Waals surface area contributed by atoms with Crippen LogP contribution >= 0.6 is 0 Å². The quantitative estimate of drug-likeness (QED) is 0.815. The number of benzene rings is 1. The molecule has 0 aliphatic heterocycles. The lowest BCUT2D eigenvalue weighted by molar-refractivity contribution is 0.552. The fraction of sp³-hybridized carbons (Fsp3) is 0. The van der Waals surface area contributed by atoms with Crippen molar-refractivity contribution in [3.05, 3.63) is 36.7 Å². The number of aromatic nitrogens is 2. The highest BCUT2D eigenvalue weighted by molar-refractivity contribution is 7.93. The second kappa shape index (κ2) is 4.63. The van der Waals surface area contributed by atoms with Crippen LogP contribution in [0.15, 0.2) is 46.5 Å². The van der Waals surface area contributed by atoms with E-state index in [0.29, 0.717) is 0 Å². The highest BCUT2D eigenvalue weighted by Gasteiger charge is 2.22. The van der Waals surface area contributed by atoms with Gasteiger partial charge >= 0.3 is 10.2 Å². The fourth-order valence-corrected chi connectivity index (χ4v) is 3.03. The number of aromatic amines is 1. The topological polar surface area (TPSA) is 109 Å². The van der Waals surface area contributed by atoms with Crippen LogP contribution in [0.4, 0.5) is 9.57 Å². The molecule has 102 valence electrons. The lowest BCUT2D eigenvalue weighted by atomic mass is 10.3. The summed E-state index contributed by atoms with van der Waals surface area (Å²) in [5.41, 5.74) is -0.369. The summed E-state index contributed by atoms with van der Waals surface area (Å²) in [5.74, 6) is 0. The number of nitrogens with zero attached hydrogens (tertiary/aromatic N) is 1. The molecule has 2 aromatic rings. The van der Waals surface area contributed by atoms with E-state index in [-0.39, 0.29) is 10.6 Å². The number of H-pyrrole nitrogens is 1. The summed E-state index contributed by atoms with van der Waals surface area (Å²) < 4.78 is 60.5. The maximum atomic E-state index is 13.0. The molecule has 1 aromatic heterocycles. The van der Waals surface area contributed by atoms with Crippen LogP contribution in [-0.4, -0.2) is 27.0 Å². The minimum absolute atomic E-state index is 0.196. The van der Waals surface area contributed by atoms with E-state index in [9.17, 15) is 20.7 Å². The molecule has 0 aliphatic rings. The molecule has 1 heterocycles. The van der Waals surface area contributed by atoms with Crippen molar-refractivity contribution in [2.45, 2.75) is 9.79 Å². The number of sulfonamides is 1. The van der Waals surface area contributed by atoms with Crippen LogP contribution in [0.3, 0.4) is 0 Å². The minimum Gasteiger partial charge on any atom is -0.284 e. The summed E-state index contributed by atoms with van der Waals surface area (Å²) in [7, 11) is -9.05. The number of nitrogens with one attached hydrogen (secondary N) is 2. The summed E-state index contributed by atoms with van der Waals surface area (Å²) in [6, 6.07) is 4.76. The second-order valence-electron chi connectivity index (χ2n) is 3.47. The van der Waals surface area contributed by atoms with E-state index in [1.54, 1.807) is 0 Å². The van der Waals surface area contributed by atoms with E-state index in [4.69, 9.17) is 0 Å². The molecule has 0 aliphatic carbocycles. The van der Waals surface area contributed by atoms with Crippen LogP contribution in [0, 0.1) is 0 Å². The van der Waals surface area contributed by atoms with Crippen molar-refractivity contribution in [2.24, 2.45) is 0 Å². The first-order chi connectivity index (χ1) is 8.81. The predicted octanol–water partition coefficient (Wildman–Crippen LogP) is 0.869. The molecule has 0 spiro atoms. The molecule has 0 saturated carbocycles. The van der Waals surface area contributed by atoms with Gasteiger partial charge in [-0.15, -0.1) is 3.89 Å². The Bertz CT molecular complexity index is 785. The lowest BCUT2D eigenvalue weighted by Crippen LogP contribution is -2.14. The Hall–Kier alpha value is -1.94. The van der Waals surface area contributed by atoms with Crippen molar-refractivity contribution >= 4 is 25.9 Å². The van der Waals surface area contributed by atoms with Crippen molar-refractivity contribution in [1.82, 2.24) is 10.2 Å². The normalized spacial score (nSPS) is 12.3. The number of hydrogen-bond donors (Lipinski definition) is 2. The van der Waals surface area contributed by atoms with Gasteiger partial charge in [0.1, 0.15) is 9.79 Å². The Morgan fingerprint density at radius 2 is 1.84 bits per heavy atom. The number of rotatable bonds is 4. The van der Waals surface area contributed by atoms with Gasteiger partial charge in [0.2, 0.25) is 0 Å². The number of anilines is 1. The second-order valence-corrected chi connectivity index (χ2v) is 6.47. The average molecular weight is 305 g/mol. The third kappa shape index (κ3) is 2.90. The molecular weight excluding hydrogens is 297 g/mol. The van der Waals surface area contributed by atoms with Gasteiger partial charge in [-0.2, -0.15) is 13.5 Å². The van der Waals surface area contributed by atoms with Crippen molar-refractivity contribution in [1.29, 1.82) is 0 Å². The minimum atomic E-state index is -5.03. The van der Waals surface area contributed by atoms with Crippen LogP contribution in [0.1, 0.15) is 0 Å². The Kier molecular flexibility index (Phi) is 3.28. The van der Waals surface area contributed by atoms with E-state index in [1.165, 1.54) is 12.1 Å². The van der Waals surface area contributed by atoms with Crippen molar-refractivity contribution in [3.8, 4) is 0 Å². The van der Waals surface area contributed by atoms with Crippen LogP contribution in [0.5, 0.6) is 0 Å². The van der Waals surface area contributed by atoms with Gasteiger partial charge in [-0.3, -0.25) is 9.82 Å². The summed E-state index contributed by atoms with van der Waals surface area (Å²) in [4.78, 5) is -0.944. The van der Waals surface area contributed by atoms with Gasteiger partial charge in [-0.25, -0.2) is 8.42 Å². The Morgan fingerprint density at radius 3 is 2.42 bits per heavy atom. The van der Waals surface area contributed by atoms with Crippen LogP contribution in [0.2, 0.25) is 0 Å². The highest BCUT2D eigenvalue weighted by Crippen LogP contribution is 2.25. The van der Waals surface area contributed by atoms with E-state index in [0.717, 1.165) is 24.5 Å². The van der Waals surface area contributed by atoms with E-state index in [1.807, 2.05) is 4.72 Å². The molecule has 2 N–H and O–H groups in total. The highest BCUT2D eigenvalue weighted by atomic mass is 32.3. The predicted molar refractivity (Wildman–Crippen MR) is 64.1 cm³/mol. The molecule has 0 bridgehead atoms. The van der Waals surface area contributed by atoms with Crippen LogP contribution < -0.4 is 4.72 Å². The Balaban J connectivity index is 2.46. The fourth-order valence-electron chi connectivity index (χ4n) is 1.35. The molecule has 0 atom stereocenters. The zero-order chi connectivity index (χ0) is 14.1. The molecule has 0 radical (unpaired) electrons. The summed E-state index contributed by atoms with van der Waals surface area (Å²) in [6.07, 6.45) is 2.14. The molecular formula is C9H8FN3O4S2. The number of halogens is 1. The molecule has 19 heavy (non-hydrogen) atoms.